The number of benzene rings is 1. The van der Waals surface area contributed by atoms with E-state index in [9.17, 15) is 14.3 Å². The molecular weight excluding hydrogens is 261 g/mol. The first-order valence-corrected chi connectivity index (χ1v) is 6.55. The van der Waals surface area contributed by atoms with Crippen molar-refractivity contribution in [1.29, 1.82) is 0 Å². The van der Waals surface area contributed by atoms with Crippen LogP contribution < -0.4 is 10.1 Å². The Balaban J connectivity index is 2.68. The summed E-state index contributed by atoms with van der Waals surface area (Å²) in [6.07, 6.45) is 0.160. The molecular formula is C15H22FNO3. The summed E-state index contributed by atoms with van der Waals surface area (Å²) in [6.45, 7) is 6.07. The Bertz CT molecular complexity index is 472. The smallest absolute Gasteiger partial charge is 0.251 e. The van der Waals surface area contributed by atoms with E-state index >= 15 is 0 Å². The molecule has 20 heavy (non-hydrogen) atoms. The minimum atomic E-state index is -0.501. The van der Waals surface area contributed by atoms with E-state index in [2.05, 4.69) is 5.32 Å². The van der Waals surface area contributed by atoms with Gasteiger partial charge in [-0.1, -0.05) is 13.8 Å². The molecule has 0 spiro atoms. The molecule has 1 aromatic rings. The Hall–Kier alpha value is -1.62. The molecule has 0 heterocycles. The Labute approximate surface area is 119 Å². The number of halogens is 1. The van der Waals surface area contributed by atoms with Crippen LogP contribution in [0.2, 0.25) is 0 Å². The summed E-state index contributed by atoms with van der Waals surface area (Å²) in [5, 5.41) is 12.2. The topological polar surface area (TPSA) is 58.6 Å². The fourth-order valence-corrected chi connectivity index (χ4v) is 2.09. The Kier molecular flexibility index (Phi) is 5.51. The quantitative estimate of drug-likeness (QED) is 0.842. The largest absolute Gasteiger partial charge is 0.494 e. The lowest BCUT2D eigenvalue weighted by Crippen LogP contribution is -2.35. The second-order valence-corrected chi connectivity index (χ2v) is 5.75. The van der Waals surface area contributed by atoms with E-state index in [4.69, 9.17) is 4.74 Å². The number of carbonyl (C=O) groups excluding carboxylic acids is 1. The van der Waals surface area contributed by atoms with Gasteiger partial charge >= 0.3 is 0 Å². The lowest BCUT2D eigenvalue weighted by molar-refractivity contribution is 0.0901. The summed E-state index contributed by atoms with van der Waals surface area (Å²) in [5.74, 6) is -0.749. The number of hydrogen-bond donors (Lipinski definition) is 2. The van der Waals surface area contributed by atoms with Crippen LogP contribution in [0.25, 0.3) is 0 Å². The van der Waals surface area contributed by atoms with Crippen LogP contribution in [0.15, 0.2) is 18.2 Å². The molecule has 1 aromatic carbocycles. The second kappa shape index (κ2) is 6.70. The molecule has 0 bridgehead atoms. The Morgan fingerprint density at radius 3 is 2.70 bits per heavy atom. The fraction of sp³-hybridized carbons (Fsp3) is 0.533. The zero-order valence-electron chi connectivity index (χ0n) is 12.4. The minimum Gasteiger partial charge on any atom is -0.494 e. The lowest BCUT2D eigenvalue weighted by atomic mass is 9.87. The van der Waals surface area contributed by atoms with Crippen LogP contribution >= 0.6 is 0 Å². The first-order chi connectivity index (χ1) is 9.25. The van der Waals surface area contributed by atoms with Gasteiger partial charge in [-0.25, -0.2) is 4.39 Å². The molecule has 0 saturated heterocycles. The molecule has 112 valence electrons. The van der Waals surface area contributed by atoms with Gasteiger partial charge in [0.05, 0.1) is 13.2 Å². The number of nitrogens with one attached hydrogen (secondary N) is 1. The highest BCUT2D eigenvalue weighted by atomic mass is 19.1. The number of aliphatic hydroxyl groups is 1. The SMILES string of the molecule is COc1cc(C(=O)NCC(C)(C)CC(C)O)ccc1F. The van der Waals surface area contributed by atoms with E-state index in [0.717, 1.165) is 0 Å². The molecule has 1 amide bonds. The Morgan fingerprint density at radius 2 is 2.15 bits per heavy atom. The summed E-state index contributed by atoms with van der Waals surface area (Å²) in [4.78, 5) is 12.0. The molecule has 0 aliphatic heterocycles. The normalized spacial score (nSPS) is 12.9. The van der Waals surface area contributed by atoms with E-state index < -0.39 is 11.9 Å². The van der Waals surface area contributed by atoms with Crippen molar-refractivity contribution < 1.29 is 19.0 Å². The highest BCUT2D eigenvalue weighted by Gasteiger charge is 2.21. The van der Waals surface area contributed by atoms with Crippen molar-refractivity contribution >= 4 is 5.91 Å². The summed E-state index contributed by atoms with van der Waals surface area (Å²) >= 11 is 0. The molecule has 0 aromatic heterocycles. The van der Waals surface area contributed by atoms with Crippen molar-refractivity contribution in [2.75, 3.05) is 13.7 Å². The molecule has 0 saturated carbocycles. The summed E-state index contributed by atoms with van der Waals surface area (Å²) < 4.78 is 18.1. The average molecular weight is 283 g/mol. The summed E-state index contributed by atoms with van der Waals surface area (Å²) in [5.41, 5.74) is 0.129. The van der Waals surface area contributed by atoms with Gasteiger partial charge in [-0.2, -0.15) is 0 Å². The van der Waals surface area contributed by atoms with Gasteiger partial charge in [0, 0.05) is 12.1 Å². The molecule has 0 radical (unpaired) electrons. The summed E-state index contributed by atoms with van der Waals surface area (Å²) in [7, 11) is 1.35. The van der Waals surface area contributed by atoms with E-state index in [1.165, 1.54) is 25.3 Å². The second-order valence-electron chi connectivity index (χ2n) is 5.75. The van der Waals surface area contributed by atoms with Crippen LogP contribution in [0.5, 0.6) is 5.75 Å². The number of carbonyl (C=O) groups is 1. The molecule has 0 aliphatic carbocycles. The van der Waals surface area contributed by atoms with Gasteiger partial charge in [-0.15, -0.1) is 0 Å². The van der Waals surface area contributed by atoms with E-state index in [1.807, 2.05) is 13.8 Å². The number of aliphatic hydroxyl groups excluding tert-OH is 1. The average Bonchev–Trinajstić information content (AvgIpc) is 2.35. The van der Waals surface area contributed by atoms with Gasteiger partial charge in [0.2, 0.25) is 0 Å². The molecule has 0 fully saturated rings. The lowest BCUT2D eigenvalue weighted by Gasteiger charge is -2.26. The van der Waals surface area contributed by atoms with Gasteiger partial charge in [0.25, 0.3) is 5.91 Å². The third-order valence-corrected chi connectivity index (χ3v) is 2.99. The molecule has 5 heteroatoms. The summed E-state index contributed by atoms with van der Waals surface area (Å²) in [6, 6.07) is 3.98. The number of methoxy groups -OCH3 is 1. The van der Waals surface area contributed by atoms with Crippen LogP contribution in [0.3, 0.4) is 0 Å². The fourth-order valence-electron chi connectivity index (χ4n) is 2.09. The van der Waals surface area contributed by atoms with Crippen LogP contribution in [0.4, 0.5) is 4.39 Å². The van der Waals surface area contributed by atoms with Crippen LogP contribution in [-0.4, -0.2) is 30.8 Å². The predicted molar refractivity (Wildman–Crippen MR) is 75.4 cm³/mol. The van der Waals surface area contributed by atoms with Gasteiger partial charge in [0.15, 0.2) is 11.6 Å². The maximum atomic E-state index is 13.3. The maximum Gasteiger partial charge on any atom is 0.251 e. The van der Waals surface area contributed by atoms with Crippen molar-refractivity contribution in [2.24, 2.45) is 5.41 Å². The molecule has 1 rings (SSSR count). The van der Waals surface area contributed by atoms with E-state index in [-0.39, 0.29) is 17.1 Å². The van der Waals surface area contributed by atoms with E-state index in [0.29, 0.717) is 18.5 Å². The van der Waals surface area contributed by atoms with Crippen molar-refractivity contribution in [2.45, 2.75) is 33.3 Å². The van der Waals surface area contributed by atoms with Gasteiger partial charge in [-0.05, 0) is 37.0 Å². The van der Waals surface area contributed by atoms with Gasteiger partial charge in [-0.3, -0.25) is 4.79 Å². The van der Waals surface area contributed by atoms with Gasteiger partial charge in [0.1, 0.15) is 0 Å². The standard InChI is InChI=1S/C15H22FNO3/c1-10(18)8-15(2,3)9-17-14(19)11-5-6-12(16)13(7-11)20-4/h5-7,10,18H,8-9H2,1-4H3,(H,17,19). The van der Waals surface area contributed by atoms with Crippen LogP contribution in [0, 0.1) is 11.2 Å². The first kappa shape index (κ1) is 16.4. The van der Waals surface area contributed by atoms with Crippen molar-refractivity contribution in [1.82, 2.24) is 5.32 Å². The minimum absolute atomic E-state index is 0.0425. The molecule has 2 N–H and O–H groups in total. The van der Waals surface area contributed by atoms with Gasteiger partial charge < -0.3 is 15.2 Å². The number of hydrogen-bond acceptors (Lipinski definition) is 3. The molecule has 1 unspecified atom stereocenters. The van der Waals surface area contributed by atoms with Crippen molar-refractivity contribution in [3.8, 4) is 5.75 Å². The van der Waals surface area contributed by atoms with E-state index in [1.54, 1.807) is 6.92 Å². The first-order valence-electron chi connectivity index (χ1n) is 6.55. The molecule has 0 aliphatic rings. The van der Waals surface area contributed by atoms with Crippen LogP contribution in [-0.2, 0) is 0 Å². The third-order valence-electron chi connectivity index (χ3n) is 2.99. The third kappa shape index (κ3) is 4.81. The monoisotopic (exact) mass is 283 g/mol. The number of amides is 1. The van der Waals surface area contributed by atoms with Crippen molar-refractivity contribution in [3.63, 3.8) is 0 Å². The van der Waals surface area contributed by atoms with Crippen LogP contribution in [0.1, 0.15) is 37.6 Å². The maximum absolute atomic E-state index is 13.3. The molecule has 1 atom stereocenters. The zero-order valence-corrected chi connectivity index (χ0v) is 12.4. The zero-order chi connectivity index (χ0) is 15.3. The molecule has 4 nitrogen and oxygen atoms in total. The number of ether oxygens (including phenoxy) is 1. The Morgan fingerprint density at radius 1 is 1.50 bits per heavy atom. The highest BCUT2D eigenvalue weighted by Crippen LogP contribution is 2.22. The predicted octanol–water partition coefficient (Wildman–Crippen LogP) is 2.36. The number of rotatable bonds is 6. The highest BCUT2D eigenvalue weighted by molar-refractivity contribution is 5.94. The van der Waals surface area contributed by atoms with Crippen molar-refractivity contribution in [3.05, 3.63) is 29.6 Å².